The molecule has 0 aliphatic heterocycles. The van der Waals surface area contributed by atoms with Crippen LogP contribution in [0.5, 0.6) is 0 Å². The van der Waals surface area contributed by atoms with Gasteiger partial charge in [-0.2, -0.15) is 0 Å². The molecule has 0 radical (unpaired) electrons. The van der Waals surface area contributed by atoms with Gasteiger partial charge in [0.25, 0.3) is 0 Å². The van der Waals surface area contributed by atoms with Gasteiger partial charge in [0.1, 0.15) is 5.82 Å². The Morgan fingerprint density at radius 1 is 1.05 bits per heavy atom. The Kier molecular flexibility index (Phi) is 4.00. The van der Waals surface area contributed by atoms with Gasteiger partial charge in [-0.05, 0) is 30.7 Å². The smallest absolute Gasteiger partial charge is 0.111 e. The normalized spacial score (nSPS) is 10.8. The molecule has 0 aliphatic carbocycles. The molecule has 3 rings (SSSR count). The van der Waals surface area contributed by atoms with Crippen molar-refractivity contribution in [1.29, 1.82) is 0 Å². The van der Waals surface area contributed by atoms with Gasteiger partial charge >= 0.3 is 0 Å². The van der Waals surface area contributed by atoms with E-state index in [1.807, 2.05) is 31.2 Å². The molecule has 0 aliphatic rings. The Labute approximate surface area is 133 Å². The van der Waals surface area contributed by atoms with Crippen LogP contribution < -0.4 is 0 Å². The fourth-order valence-electron chi connectivity index (χ4n) is 2.34. The Bertz CT molecular complexity index is 764. The van der Waals surface area contributed by atoms with Crippen molar-refractivity contribution < 1.29 is 0 Å². The second-order valence-corrected chi connectivity index (χ2v) is 5.79. The third kappa shape index (κ3) is 3.12. The number of halogens is 2. The van der Waals surface area contributed by atoms with Crippen LogP contribution in [0.4, 0.5) is 0 Å². The Morgan fingerprint density at radius 3 is 2.57 bits per heavy atom. The maximum Gasteiger partial charge on any atom is 0.111 e. The average molecular weight is 317 g/mol. The first-order chi connectivity index (χ1) is 10.1. The minimum atomic E-state index is 0.653. The molecule has 21 heavy (non-hydrogen) atoms. The monoisotopic (exact) mass is 316 g/mol. The summed E-state index contributed by atoms with van der Waals surface area (Å²) in [7, 11) is 0. The highest BCUT2D eigenvalue weighted by molar-refractivity contribution is 6.35. The molecule has 1 N–H and O–H groups in total. The minimum Gasteiger partial charge on any atom is -0.345 e. The number of H-pyrrole nitrogens is 1. The third-order valence-corrected chi connectivity index (χ3v) is 3.90. The van der Waals surface area contributed by atoms with E-state index in [4.69, 9.17) is 23.2 Å². The van der Waals surface area contributed by atoms with Crippen LogP contribution in [0.3, 0.4) is 0 Å². The molecule has 2 aromatic carbocycles. The van der Waals surface area contributed by atoms with E-state index in [0.29, 0.717) is 10.0 Å². The predicted octanol–water partition coefficient (Wildman–Crippen LogP) is 5.28. The fourth-order valence-corrected chi connectivity index (χ4v) is 2.72. The van der Waals surface area contributed by atoms with Gasteiger partial charge in [-0.25, -0.2) is 4.98 Å². The van der Waals surface area contributed by atoms with E-state index in [1.54, 1.807) is 12.1 Å². The zero-order valence-electron chi connectivity index (χ0n) is 11.5. The number of hydrogen-bond acceptors (Lipinski definition) is 1. The quantitative estimate of drug-likeness (QED) is 0.699. The molecule has 2 nitrogen and oxygen atoms in total. The van der Waals surface area contributed by atoms with Crippen molar-refractivity contribution in [3.63, 3.8) is 0 Å². The lowest BCUT2D eigenvalue weighted by Crippen LogP contribution is -1.90. The SMILES string of the molecule is Cc1[nH]c(Cc2ccccc2)nc1-c1cc(Cl)ccc1Cl. The van der Waals surface area contributed by atoms with Crippen LogP contribution in [0.1, 0.15) is 17.1 Å². The number of benzene rings is 2. The maximum absolute atomic E-state index is 6.26. The Balaban J connectivity index is 1.96. The molecule has 0 unspecified atom stereocenters. The molecular formula is C17H14Cl2N2. The van der Waals surface area contributed by atoms with Crippen molar-refractivity contribution in [2.75, 3.05) is 0 Å². The summed E-state index contributed by atoms with van der Waals surface area (Å²) in [6.45, 7) is 1.99. The molecule has 0 atom stereocenters. The standard InChI is InChI=1S/C17H14Cl2N2/c1-11-17(14-10-13(18)7-8-15(14)19)21-16(20-11)9-12-5-3-2-4-6-12/h2-8,10H,9H2,1H3,(H,20,21). The van der Waals surface area contributed by atoms with E-state index < -0.39 is 0 Å². The highest BCUT2D eigenvalue weighted by Crippen LogP contribution is 2.31. The zero-order valence-corrected chi connectivity index (χ0v) is 13.0. The molecule has 0 bridgehead atoms. The van der Waals surface area contributed by atoms with Crippen LogP contribution in [0.2, 0.25) is 10.0 Å². The summed E-state index contributed by atoms with van der Waals surface area (Å²) >= 11 is 12.3. The highest BCUT2D eigenvalue weighted by atomic mass is 35.5. The number of aromatic amines is 1. The third-order valence-electron chi connectivity index (χ3n) is 3.33. The summed E-state index contributed by atoms with van der Waals surface area (Å²) in [4.78, 5) is 8.00. The molecule has 0 spiro atoms. The lowest BCUT2D eigenvalue weighted by atomic mass is 10.1. The Morgan fingerprint density at radius 2 is 1.81 bits per heavy atom. The van der Waals surface area contributed by atoms with Crippen LogP contribution in [0, 0.1) is 6.92 Å². The van der Waals surface area contributed by atoms with Gasteiger partial charge in [0.05, 0.1) is 10.7 Å². The fraction of sp³-hybridized carbons (Fsp3) is 0.118. The lowest BCUT2D eigenvalue weighted by molar-refractivity contribution is 1.02. The van der Waals surface area contributed by atoms with Crippen LogP contribution in [0.15, 0.2) is 48.5 Å². The van der Waals surface area contributed by atoms with Crippen LogP contribution in [-0.2, 0) is 6.42 Å². The number of aryl methyl sites for hydroxylation is 1. The number of aromatic nitrogens is 2. The maximum atomic E-state index is 6.26. The summed E-state index contributed by atoms with van der Waals surface area (Å²) < 4.78 is 0. The molecule has 4 heteroatoms. The van der Waals surface area contributed by atoms with Crippen molar-refractivity contribution in [2.45, 2.75) is 13.3 Å². The summed E-state index contributed by atoms with van der Waals surface area (Å²) in [6.07, 6.45) is 0.764. The first-order valence-corrected chi connectivity index (χ1v) is 7.44. The minimum absolute atomic E-state index is 0.653. The Hall–Kier alpha value is -1.77. The first-order valence-electron chi connectivity index (χ1n) is 6.68. The highest BCUT2D eigenvalue weighted by Gasteiger charge is 2.13. The van der Waals surface area contributed by atoms with E-state index in [0.717, 1.165) is 29.2 Å². The van der Waals surface area contributed by atoms with Gasteiger partial charge < -0.3 is 4.98 Å². The molecule has 3 aromatic rings. The predicted molar refractivity (Wildman–Crippen MR) is 88.0 cm³/mol. The average Bonchev–Trinajstić information content (AvgIpc) is 2.83. The summed E-state index contributed by atoms with van der Waals surface area (Å²) in [5.41, 5.74) is 3.92. The number of nitrogens with one attached hydrogen (secondary N) is 1. The van der Waals surface area contributed by atoms with Gasteiger partial charge in [-0.15, -0.1) is 0 Å². The van der Waals surface area contributed by atoms with Gasteiger partial charge in [-0.3, -0.25) is 0 Å². The van der Waals surface area contributed by atoms with Gasteiger partial charge in [-0.1, -0.05) is 53.5 Å². The van der Waals surface area contributed by atoms with Crippen LogP contribution in [-0.4, -0.2) is 9.97 Å². The molecule has 0 saturated carbocycles. The molecule has 0 saturated heterocycles. The number of rotatable bonds is 3. The number of nitrogens with zero attached hydrogens (tertiary/aromatic N) is 1. The van der Waals surface area contributed by atoms with Gasteiger partial charge in [0.15, 0.2) is 0 Å². The van der Waals surface area contributed by atoms with Gasteiger partial charge in [0, 0.05) is 22.7 Å². The van der Waals surface area contributed by atoms with E-state index in [2.05, 4.69) is 22.1 Å². The van der Waals surface area contributed by atoms with Crippen molar-refractivity contribution >= 4 is 23.2 Å². The first kappa shape index (κ1) is 14.2. The molecule has 0 amide bonds. The van der Waals surface area contributed by atoms with Crippen molar-refractivity contribution in [3.8, 4) is 11.3 Å². The topological polar surface area (TPSA) is 28.7 Å². The van der Waals surface area contributed by atoms with Crippen molar-refractivity contribution in [3.05, 3.63) is 75.7 Å². The lowest BCUT2D eigenvalue weighted by Gasteiger charge is -2.02. The summed E-state index contributed by atoms with van der Waals surface area (Å²) in [5, 5.41) is 1.31. The second-order valence-electron chi connectivity index (χ2n) is 4.94. The van der Waals surface area contributed by atoms with Gasteiger partial charge in [0.2, 0.25) is 0 Å². The molecule has 106 valence electrons. The molecule has 1 heterocycles. The van der Waals surface area contributed by atoms with E-state index >= 15 is 0 Å². The van der Waals surface area contributed by atoms with Crippen LogP contribution >= 0.6 is 23.2 Å². The van der Waals surface area contributed by atoms with E-state index in [1.165, 1.54) is 5.56 Å². The molecule has 1 aromatic heterocycles. The van der Waals surface area contributed by atoms with Crippen molar-refractivity contribution in [1.82, 2.24) is 9.97 Å². The molecule has 0 fully saturated rings. The van der Waals surface area contributed by atoms with Crippen molar-refractivity contribution in [2.24, 2.45) is 0 Å². The van der Waals surface area contributed by atoms with Crippen LogP contribution in [0.25, 0.3) is 11.3 Å². The largest absolute Gasteiger partial charge is 0.345 e. The summed E-state index contributed by atoms with van der Waals surface area (Å²) in [6, 6.07) is 15.7. The summed E-state index contributed by atoms with van der Waals surface area (Å²) in [5.74, 6) is 0.921. The zero-order chi connectivity index (χ0) is 14.8. The van der Waals surface area contributed by atoms with E-state index in [-0.39, 0.29) is 0 Å². The number of hydrogen-bond donors (Lipinski definition) is 1. The van der Waals surface area contributed by atoms with E-state index in [9.17, 15) is 0 Å². The number of imidazole rings is 1. The second kappa shape index (κ2) is 5.92. The molecular weight excluding hydrogens is 303 g/mol.